The third kappa shape index (κ3) is 2.70. The van der Waals surface area contributed by atoms with Crippen molar-refractivity contribution in [3.63, 3.8) is 0 Å². The van der Waals surface area contributed by atoms with Gasteiger partial charge in [-0.05, 0) is 41.9 Å². The van der Waals surface area contributed by atoms with E-state index in [0.717, 1.165) is 15.9 Å². The van der Waals surface area contributed by atoms with E-state index in [1.54, 1.807) is 0 Å². The van der Waals surface area contributed by atoms with Crippen LogP contribution in [-0.4, -0.2) is 23.6 Å². The molecule has 4 heteroatoms. The first-order chi connectivity index (χ1) is 8.49. The van der Waals surface area contributed by atoms with Crippen LogP contribution in [0.15, 0.2) is 28.7 Å². The molecular formula is C14H21BrN2S. The van der Waals surface area contributed by atoms with Crippen LogP contribution in [-0.2, 0) is 0 Å². The van der Waals surface area contributed by atoms with Crippen LogP contribution in [0.25, 0.3) is 0 Å². The van der Waals surface area contributed by atoms with Gasteiger partial charge in [0.25, 0.3) is 0 Å². The summed E-state index contributed by atoms with van der Waals surface area (Å²) in [6.07, 6.45) is 1.21. The Labute approximate surface area is 122 Å². The molecule has 1 atom stereocenters. The molecule has 3 N–H and O–H groups in total. The van der Waals surface area contributed by atoms with Crippen molar-refractivity contribution >= 4 is 33.4 Å². The number of rotatable bonds is 3. The van der Waals surface area contributed by atoms with Crippen LogP contribution in [0.3, 0.4) is 0 Å². The lowest BCUT2D eigenvalue weighted by Crippen LogP contribution is -2.60. The molecule has 0 aliphatic carbocycles. The number of benzene rings is 1. The van der Waals surface area contributed by atoms with Gasteiger partial charge in [0.2, 0.25) is 0 Å². The van der Waals surface area contributed by atoms with E-state index in [0.29, 0.717) is 6.54 Å². The van der Waals surface area contributed by atoms with Crippen LogP contribution in [0.4, 0.5) is 5.69 Å². The maximum Gasteiger partial charge on any atom is 0.0636 e. The first-order valence-corrected chi connectivity index (χ1v) is 8.25. The lowest BCUT2D eigenvalue weighted by Gasteiger charge is -2.50. The predicted octanol–water partition coefficient (Wildman–Crippen LogP) is 3.72. The minimum absolute atomic E-state index is 0.0102. The van der Waals surface area contributed by atoms with Gasteiger partial charge >= 0.3 is 0 Å². The average molecular weight is 329 g/mol. The SMILES string of the molecule is CC1(C)CCSCC1(CN)Nc1ccc(Br)cc1. The zero-order valence-electron chi connectivity index (χ0n) is 11.0. The molecule has 0 radical (unpaired) electrons. The van der Waals surface area contributed by atoms with Crippen molar-refractivity contribution < 1.29 is 0 Å². The Morgan fingerprint density at radius 3 is 2.56 bits per heavy atom. The molecule has 1 aliphatic rings. The van der Waals surface area contributed by atoms with Crippen molar-refractivity contribution in [2.24, 2.45) is 11.1 Å². The van der Waals surface area contributed by atoms with E-state index < -0.39 is 0 Å². The molecule has 1 fully saturated rings. The van der Waals surface area contributed by atoms with Gasteiger partial charge in [0.1, 0.15) is 0 Å². The third-order valence-corrected chi connectivity index (χ3v) is 5.81. The van der Waals surface area contributed by atoms with E-state index in [9.17, 15) is 0 Å². The highest BCUT2D eigenvalue weighted by Crippen LogP contribution is 2.43. The van der Waals surface area contributed by atoms with Crippen LogP contribution in [0.5, 0.6) is 0 Å². The summed E-state index contributed by atoms with van der Waals surface area (Å²) in [4.78, 5) is 0. The molecule has 2 nitrogen and oxygen atoms in total. The molecule has 100 valence electrons. The summed E-state index contributed by atoms with van der Waals surface area (Å²) in [5, 5.41) is 3.69. The van der Waals surface area contributed by atoms with Crippen molar-refractivity contribution in [3.8, 4) is 0 Å². The molecule has 18 heavy (non-hydrogen) atoms. The van der Waals surface area contributed by atoms with Gasteiger partial charge in [-0.1, -0.05) is 29.8 Å². The average Bonchev–Trinajstić information content (AvgIpc) is 2.34. The summed E-state index contributed by atoms with van der Waals surface area (Å²) < 4.78 is 1.10. The summed E-state index contributed by atoms with van der Waals surface area (Å²) in [5.41, 5.74) is 7.47. The number of halogens is 1. The lowest BCUT2D eigenvalue weighted by molar-refractivity contribution is 0.203. The second kappa shape index (κ2) is 5.43. The Morgan fingerprint density at radius 1 is 1.33 bits per heavy atom. The van der Waals surface area contributed by atoms with Gasteiger partial charge in [-0.3, -0.25) is 0 Å². The van der Waals surface area contributed by atoms with E-state index in [1.807, 2.05) is 11.8 Å². The number of hydrogen-bond donors (Lipinski definition) is 2. The van der Waals surface area contributed by atoms with Crippen molar-refractivity contribution in [2.75, 3.05) is 23.4 Å². The molecule has 1 aliphatic heterocycles. The van der Waals surface area contributed by atoms with Crippen LogP contribution in [0.1, 0.15) is 20.3 Å². The highest BCUT2D eigenvalue weighted by atomic mass is 79.9. The number of anilines is 1. The summed E-state index contributed by atoms with van der Waals surface area (Å²) >= 11 is 5.47. The largest absolute Gasteiger partial charge is 0.377 e. The molecule has 0 saturated carbocycles. The van der Waals surface area contributed by atoms with E-state index in [1.165, 1.54) is 12.2 Å². The Hall–Kier alpha value is -0.190. The summed E-state index contributed by atoms with van der Waals surface area (Å²) in [6.45, 7) is 5.32. The van der Waals surface area contributed by atoms with E-state index in [2.05, 4.69) is 59.4 Å². The monoisotopic (exact) mass is 328 g/mol. The maximum atomic E-state index is 6.11. The van der Waals surface area contributed by atoms with Gasteiger partial charge in [0.05, 0.1) is 5.54 Å². The zero-order chi connectivity index (χ0) is 13.2. The van der Waals surface area contributed by atoms with Crippen molar-refractivity contribution in [2.45, 2.75) is 25.8 Å². The third-order valence-electron chi connectivity index (χ3n) is 4.09. The molecule has 1 aromatic carbocycles. The topological polar surface area (TPSA) is 38.0 Å². The van der Waals surface area contributed by atoms with E-state index in [4.69, 9.17) is 5.73 Å². The molecule has 1 unspecified atom stereocenters. The molecular weight excluding hydrogens is 308 g/mol. The zero-order valence-corrected chi connectivity index (χ0v) is 13.4. The predicted molar refractivity (Wildman–Crippen MR) is 85.3 cm³/mol. The highest BCUT2D eigenvalue weighted by molar-refractivity contribution is 9.10. The highest BCUT2D eigenvalue weighted by Gasteiger charge is 2.46. The Morgan fingerprint density at radius 2 is 2.00 bits per heavy atom. The van der Waals surface area contributed by atoms with Crippen LogP contribution in [0, 0.1) is 5.41 Å². The first kappa shape index (κ1) is 14.2. The number of hydrogen-bond acceptors (Lipinski definition) is 3. The minimum Gasteiger partial charge on any atom is -0.377 e. The molecule has 1 heterocycles. The summed E-state index contributed by atoms with van der Waals surface area (Å²) in [6, 6.07) is 8.35. The van der Waals surface area contributed by atoms with Gasteiger partial charge in [-0.2, -0.15) is 11.8 Å². The summed E-state index contributed by atoms with van der Waals surface area (Å²) in [7, 11) is 0. The Balaban J connectivity index is 2.24. The first-order valence-electron chi connectivity index (χ1n) is 6.31. The van der Waals surface area contributed by atoms with Gasteiger partial charge in [0, 0.05) is 22.5 Å². The van der Waals surface area contributed by atoms with E-state index in [-0.39, 0.29) is 11.0 Å². The molecule has 0 aromatic heterocycles. The van der Waals surface area contributed by atoms with Gasteiger partial charge < -0.3 is 11.1 Å². The van der Waals surface area contributed by atoms with Crippen molar-refractivity contribution in [1.82, 2.24) is 0 Å². The second-order valence-electron chi connectivity index (χ2n) is 5.60. The molecule has 0 bridgehead atoms. The van der Waals surface area contributed by atoms with Crippen LogP contribution in [0.2, 0.25) is 0 Å². The quantitative estimate of drug-likeness (QED) is 0.888. The molecule has 0 amide bonds. The molecule has 0 spiro atoms. The lowest BCUT2D eigenvalue weighted by atomic mass is 9.70. The number of nitrogens with two attached hydrogens (primary N) is 1. The fraction of sp³-hybridized carbons (Fsp3) is 0.571. The fourth-order valence-corrected chi connectivity index (χ4v) is 4.40. The van der Waals surface area contributed by atoms with E-state index >= 15 is 0 Å². The van der Waals surface area contributed by atoms with Crippen LogP contribution >= 0.6 is 27.7 Å². The molecule has 1 aromatic rings. The van der Waals surface area contributed by atoms with Gasteiger partial charge in [-0.15, -0.1) is 0 Å². The molecule has 1 saturated heterocycles. The number of nitrogens with one attached hydrogen (secondary N) is 1. The van der Waals surface area contributed by atoms with Crippen molar-refractivity contribution in [1.29, 1.82) is 0 Å². The smallest absolute Gasteiger partial charge is 0.0636 e. The number of thioether (sulfide) groups is 1. The standard InChI is InChI=1S/C14H21BrN2S/c1-13(2)7-8-18-10-14(13,9-16)17-12-5-3-11(15)4-6-12/h3-6,17H,7-10,16H2,1-2H3. The van der Waals surface area contributed by atoms with Crippen molar-refractivity contribution in [3.05, 3.63) is 28.7 Å². The normalized spacial score (nSPS) is 26.9. The Bertz CT molecular complexity index is 405. The van der Waals surface area contributed by atoms with Crippen LogP contribution < -0.4 is 11.1 Å². The summed E-state index contributed by atoms with van der Waals surface area (Å²) in [5.74, 6) is 2.31. The fourth-order valence-electron chi connectivity index (χ4n) is 2.41. The minimum atomic E-state index is -0.0102. The van der Waals surface area contributed by atoms with Gasteiger partial charge in [0.15, 0.2) is 0 Å². The van der Waals surface area contributed by atoms with Gasteiger partial charge in [-0.25, -0.2) is 0 Å². The second-order valence-corrected chi connectivity index (χ2v) is 7.63. The maximum absolute atomic E-state index is 6.11. The molecule has 2 rings (SSSR count). The Kier molecular flexibility index (Phi) is 4.29.